The molecule has 1 heterocycles. The summed E-state index contributed by atoms with van der Waals surface area (Å²) in [4.78, 5) is 12.4. The van der Waals surface area contributed by atoms with Gasteiger partial charge in [-0.3, -0.25) is 4.79 Å². The van der Waals surface area contributed by atoms with Crippen LogP contribution in [0.25, 0.3) is 10.8 Å². The molecule has 1 aromatic heterocycles. The van der Waals surface area contributed by atoms with Crippen molar-refractivity contribution in [2.24, 2.45) is 0 Å². The summed E-state index contributed by atoms with van der Waals surface area (Å²) >= 11 is 0. The lowest BCUT2D eigenvalue weighted by atomic mass is 10.1. The van der Waals surface area contributed by atoms with Gasteiger partial charge in [0.1, 0.15) is 5.82 Å². The van der Waals surface area contributed by atoms with Crippen molar-refractivity contribution in [3.63, 3.8) is 0 Å². The smallest absolute Gasteiger partial charge is 0.258 e. The molecule has 21 heavy (non-hydrogen) atoms. The highest BCUT2D eigenvalue weighted by Crippen LogP contribution is 2.13. The van der Waals surface area contributed by atoms with Gasteiger partial charge in [0.15, 0.2) is 0 Å². The molecular weight excluding hydrogens is 267 g/mol. The summed E-state index contributed by atoms with van der Waals surface area (Å²) in [7, 11) is 0. The van der Waals surface area contributed by atoms with Crippen LogP contribution >= 0.6 is 0 Å². The van der Waals surface area contributed by atoms with Crippen LogP contribution in [-0.4, -0.2) is 4.57 Å². The zero-order valence-electron chi connectivity index (χ0n) is 11.1. The summed E-state index contributed by atoms with van der Waals surface area (Å²) in [6.07, 6.45) is 1.62. The first-order valence-electron chi connectivity index (χ1n) is 6.46. The average Bonchev–Trinajstić information content (AvgIpc) is 2.50. The lowest BCUT2D eigenvalue weighted by Gasteiger charge is -2.08. The van der Waals surface area contributed by atoms with Crippen LogP contribution in [0.1, 0.15) is 11.1 Å². The van der Waals surface area contributed by atoms with Crippen LogP contribution in [0.4, 0.5) is 4.39 Å². The van der Waals surface area contributed by atoms with E-state index in [9.17, 15) is 9.18 Å². The molecule has 0 radical (unpaired) electrons. The molecule has 0 atom stereocenters. The second-order valence-corrected chi connectivity index (χ2v) is 4.75. The molecule has 0 saturated heterocycles. The number of nitrogens with zero attached hydrogens (tertiary/aromatic N) is 2. The molecule has 4 heteroatoms. The lowest BCUT2D eigenvalue weighted by molar-refractivity contribution is 0.629. The zero-order chi connectivity index (χ0) is 14.8. The molecule has 3 aromatic rings. The lowest BCUT2D eigenvalue weighted by Crippen LogP contribution is -2.20. The minimum Gasteiger partial charge on any atom is -0.311 e. The van der Waals surface area contributed by atoms with Crippen LogP contribution in [-0.2, 0) is 6.54 Å². The molecule has 0 bridgehead atoms. The molecule has 0 unspecified atom stereocenters. The first kappa shape index (κ1) is 13.1. The predicted molar refractivity (Wildman–Crippen MR) is 78.4 cm³/mol. The molecule has 0 N–H and O–H groups in total. The molecule has 0 fully saturated rings. The van der Waals surface area contributed by atoms with E-state index in [1.807, 2.05) is 12.1 Å². The average molecular weight is 278 g/mol. The van der Waals surface area contributed by atoms with Crippen LogP contribution in [0.5, 0.6) is 0 Å². The fourth-order valence-electron chi connectivity index (χ4n) is 2.33. The summed E-state index contributed by atoms with van der Waals surface area (Å²) in [5.74, 6) is -0.366. The maximum Gasteiger partial charge on any atom is 0.258 e. The highest BCUT2D eigenvalue weighted by Gasteiger charge is 2.06. The van der Waals surface area contributed by atoms with Crippen molar-refractivity contribution in [2.75, 3.05) is 0 Å². The SMILES string of the molecule is N#Cc1ccccc1Cn1ccc2cc(F)ccc2c1=O. The van der Waals surface area contributed by atoms with Gasteiger partial charge < -0.3 is 4.57 Å². The Bertz CT molecular complexity index is 922. The van der Waals surface area contributed by atoms with Crippen molar-refractivity contribution in [1.29, 1.82) is 5.26 Å². The summed E-state index contributed by atoms with van der Waals surface area (Å²) in [5, 5.41) is 10.1. The molecule has 0 spiro atoms. The van der Waals surface area contributed by atoms with Crippen LogP contribution in [0.15, 0.2) is 59.5 Å². The first-order valence-corrected chi connectivity index (χ1v) is 6.46. The van der Waals surface area contributed by atoms with Gasteiger partial charge in [-0.2, -0.15) is 5.26 Å². The molecule has 3 rings (SSSR count). The fraction of sp³-hybridized carbons (Fsp3) is 0.0588. The van der Waals surface area contributed by atoms with E-state index in [2.05, 4.69) is 6.07 Å². The Morgan fingerprint density at radius 2 is 1.95 bits per heavy atom. The number of hydrogen-bond acceptors (Lipinski definition) is 2. The molecule has 0 aliphatic rings. The number of fused-ring (bicyclic) bond motifs is 1. The minimum absolute atomic E-state index is 0.194. The number of hydrogen-bond donors (Lipinski definition) is 0. The molecular formula is C17H11FN2O. The number of benzene rings is 2. The maximum absolute atomic E-state index is 13.2. The minimum atomic E-state index is -0.366. The number of aromatic nitrogens is 1. The van der Waals surface area contributed by atoms with Gasteiger partial charge in [-0.25, -0.2) is 4.39 Å². The van der Waals surface area contributed by atoms with E-state index < -0.39 is 0 Å². The van der Waals surface area contributed by atoms with Gasteiger partial charge >= 0.3 is 0 Å². The van der Waals surface area contributed by atoms with Crippen LogP contribution in [0.2, 0.25) is 0 Å². The van der Waals surface area contributed by atoms with Gasteiger partial charge in [0.25, 0.3) is 5.56 Å². The molecule has 0 amide bonds. The summed E-state index contributed by atoms with van der Waals surface area (Å²) in [6.45, 7) is 0.315. The van der Waals surface area contributed by atoms with E-state index >= 15 is 0 Å². The quantitative estimate of drug-likeness (QED) is 0.723. The van der Waals surface area contributed by atoms with E-state index in [1.54, 1.807) is 24.4 Å². The molecule has 2 aromatic carbocycles. The molecule has 0 aliphatic carbocycles. The highest BCUT2D eigenvalue weighted by molar-refractivity contribution is 5.81. The number of pyridine rings is 1. The van der Waals surface area contributed by atoms with E-state index in [0.717, 1.165) is 5.56 Å². The Labute approximate surface area is 120 Å². The van der Waals surface area contributed by atoms with Gasteiger partial charge in [0, 0.05) is 11.6 Å². The van der Waals surface area contributed by atoms with E-state index in [1.165, 1.54) is 22.8 Å². The third-order valence-corrected chi connectivity index (χ3v) is 3.42. The third-order valence-electron chi connectivity index (χ3n) is 3.42. The predicted octanol–water partition coefficient (Wildman–Crippen LogP) is 3.06. The van der Waals surface area contributed by atoms with E-state index in [-0.39, 0.29) is 11.4 Å². The Hall–Kier alpha value is -2.93. The standard InChI is InChI=1S/C17H11FN2O/c18-15-5-6-16-12(9-15)7-8-20(17(16)21)11-14-4-2-1-3-13(14)10-19/h1-9H,11H2. The van der Waals surface area contributed by atoms with E-state index in [0.29, 0.717) is 22.9 Å². The van der Waals surface area contributed by atoms with Crippen molar-refractivity contribution in [1.82, 2.24) is 4.57 Å². The third kappa shape index (κ3) is 2.41. The fourth-order valence-corrected chi connectivity index (χ4v) is 2.33. The number of rotatable bonds is 2. The Morgan fingerprint density at radius 1 is 1.14 bits per heavy atom. The second kappa shape index (κ2) is 5.22. The van der Waals surface area contributed by atoms with Gasteiger partial charge in [0.05, 0.1) is 18.2 Å². The Morgan fingerprint density at radius 3 is 2.76 bits per heavy atom. The Kier molecular flexibility index (Phi) is 3.25. The monoisotopic (exact) mass is 278 g/mol. The highest BCUT2D eigenvalue weighted by atomic mass is 19.1. The van der Waals surface area contributed by atoms with Crippen molar-refractivity contribution in [3.8, 4) is 6.07 Å². The first-order chi connectivity index (χ1) is 10.2. The molecule has 0 aliphatic heterocycles. The van der Waals surface area contributed by atoms with Crippen LogP contribution in [0.3, 0.4) is 0 Å². The van der Waals surface area contributed by atoms with Gasteiger partial charge in [-0.05, 0) is 41.3 Å². The largest absolute Gasteiger partial charge is 0.311 e. The second-order valence-electron chi connectivity index (χ2n) is 4.75. The molecule has 102 valence electrons. The van der Waals surface area contributed by atoms with Crippen molar-refractivity contribution < 1.29 is 4.39 Å². The van der Waals surface area contributed by atoms with Gasteiger partial charge in [-0.1, -0.05) is 18.2 Å². The molecule has 0 saturated carbocycles. The molecule has 3 nitrogen and oxygen atoms in total. The number of nitriles is 1. The van der Waals surface area contributed by atoms with Crippen molar-refractivity contribution in [2.45, 2.75) is 6.54 Å². The maximum atomic E-state index is 13.2. The summed E-state index contributed by atoms with van der Waals surface area (Å²) in [6, 6.07) is 15.1. The Balaban J connectivity index is 2.10. The van der Waals surface area contributed by atoms with Crippen LogP contribution in [0, 0.1) is 17.1 Å². The van der Waals surface area contributed by atoms with Crippen molar-refractivity contribution in [3.05, 3.63) is 82.0 Å². The van der Waals surface area contributed by atoms with Gasteiger partial charge in [-0.15, -0.1) is 0 Å². The van der Waals surface area contributed by atoms with Gasteiger partial charge in [0.2, 0.25) is 0 Å². The summed E-state index contributed by atoms with van der Waals surface area (Å²) < 4.78 is 14.7. The number of halogens is 1. The zero-order valence-corrected chi connectivity index (χ0v) is 11.1. The normalized spacial score (nSPS) is 10.5. The van der Waals surface area contributed by atoms with Crippen molar-refractivity contribution >= 4 is 10.8 Å². The van der Waals surface area contributed by atoms with Crippen LogP contribution < -0.4 is 5.56 Å². The topological polar surface area (TPSA) is 45.8 Å². The van der Waals surface area contributed by atoms with E-state index in [4.69, 9.17) is 5.26 Å². The summed E-state index contributed by atoms with van der Waals surface area (Å²) in [5.41, 5.74) is 1.13.